The molecule has 1 aliphatic rings. The topological polar surface area (TPSA) is 71.1 Å². The summed E-state index contributed by atoms with van der Waals surface area (Å²) in [5, 5.41) is 7.29. The fourth-order valence-electron chi connectivity index (χ4n) is 2.74. The van der Waals surface area contributed by atoms with Crippen molar-refractivity contribution in [2.75, 3.05) is 6.54 Å². The molecule has 6 nitrogen and oxygen atoms in total. The summed E-state index contributed by atoms with van der Waals surface area (Å²) in [5.74, 6) is 1.34. The van der Waals surface area contributed by atoms with Gasteiger partial charge in [-0.05, 0) is 45.7 Å². The predicted octanol–water partition coefficient (Wildman–Crippen LogP) is 4.31. The second-order valence-corrected chi connectivity index (χ2v) is 7.80. The highest BCUT2D eigenvalue weighted by atomic mass is 79.9. The average Bonchev–Trinajstić information content (AvgIpc) is 3.15. The van der Waals surface area contributed by atoms with E-state index >= 15 is 0 Å². The zero-order valence-electron chi connectivity index (χ0n) is 14.0. The number of hydrogen-bond acceptors (Lipinski definition) is 4. The summed E-state index contributed by atoms with van der Waals surface area (Å²) in [7, 11) is 0. The van der Waals surface area contributed by atoms with E-state index in [1.807, 2.05) is 45.0 Å². The molecule has 1 N–H and O–H groups in total. The summed E-state index contributed by atoms with van der Waals surface area (Å²) < 4.78 is 6.51. The normalized spacial score (nSPS) is 18.0. The third-order valence-electron chi connectivity index (χ3n) is 3.80. The first-order valence-corrected chi connectivity index (χ1v) is 8.81. The molecule has 1 amide bonds. The van der Waals surface area contributed by atoms with Crippen LogP contribution in [0, 0.1) is 0 Å². The molecule has 0 spiro atoms. The van der Waals surface area contributed by atoms with Crippen molar-refractivity contribution in [1.82, 2.24) is 20.1 Å². The molecule has 128 valence electrons. The molecule has 24 heavy (non-hydrogen) atoms. The lowest BCUT2D eigenvalue weighted by Gasteiger charge is -2.27. The maximum absolute atomic E-state index is 12.4. The smallest absolute Gasteiger partial charge is 0.410 e. The number of hydrogen-bond donors (Lipinski definition) is 1. The molecule has 1 fully saturated rings. The molecule has 0 saturated carbocycles. The van der Waals surface area contributed by atoms with E-state index in [2.05, 4.69) is 31.1 Å². The van der Waals surface area contributed by atoms with Crippen molar-refractivity contribution in [3.05, 3.63) is 34.6 Å². The molecule has 1 aromatic heterocycles. The third kappa shape index (κ3) is 3.77. The summed E-state index contributed by atoms with van der Waals surface area (Å²) in [6, 6.07) is 7.70. The first kappa shape index (κ1) is 17.0. The number of carbonyl (C=O) groups is 1. The summed E-state index contributed by atoms with van der Waals surface area (Å²) in [5.41, 5.74) is 0.427. The minimum Gasteiger partial charge on any atom is -0.444 e. The van der Waals surface area contributed by atoms with Crippen molar-refractivity contribution in [2.24, 2.45) is 0 Å². The number of H-pyrrole nitrogens is 1. The van der Waals surface area contributed by atoms with Crippen LogP contribution in [-0.2, 0) is 4.74 Å². The molecule has 0 aliphatic carbocycles. The second kappa shape index (κ2) is 6.55. The number of halogens is 1. The Labute approximate surface area is 149 Å². The van der Waals surface area contributed by atoms with E-state index < -0.39 is 5.60 Å². The van der Waals surface area contributed by atoms with Crippen LogP contribution >= 0.6 is 15.9 Å². The van der Waals surface area contributed by atoms with Gasteiger partial charge in [-0.2, -0.15) is 5.10 Å². The molecule has 2 aromatic rings. The highest BCUT2D eigenvalue weighted by Gasteiger charge is 2.35. The van der Waals surface area contributed by atoms with Crippen LogP contribution in [0.25, 0.3) is 11.4 Å². The lowest BCUT2D eigenvalue weighted by atomic mass is 10.2. The van der Waals surface area contributed by atoms with Gasteiger partial charge in [-0.1, -0.05) is 28.1 Å². The number of aromatic nitrogens is 3. The SMILES string of the molecule is CC(C)(C)OC(=O)N1CCC[C@H]1c1nc(-c2ccc(Br)cc2)n[nH]1. The molecule has 1 atom stereocenters. The van der Waals surface area contributed by atoms with Gasteiger partial charge in [0, 0.05) is 16.6 Å². The number of nitrogens with one attached hydrogen (secondary N) is 1. The highest BCUT2D eigenvalue weighted by Crippen LogP contribution is 2.32. The summed E-state index contributed by atoms with van der Waals surface area (Å²) in [6.07, 6.45) is 1.48. The van der Waals surface area contributed by atoms with Gasteiger partial charge in [0.1, 0.15) is 11.4 Å². The van der Waals surface area contributed by atoms with Gasteiger partial charge < -0.3 is 4.74 Å². The molecule has 1 aliphatic heterocycles. The number of ether oxygens (including phenoxy) is 1. The van der Waals surface area contributed by atoms with Gasteiger partial charge in [-0.15, -0.1) is 0 Å². The van der Waals surface area contributed by atoms with Crippen LogP contribution in [0.2, 0.25) is 0 Å². The fourth-order valence-corrected chi connectivity index (χ4v) is 3.01. The number of likely N-dealkylation sites (tertiary alicyclic amines) is 1. The summed E-state index contributed by atoms with van der Waals surface area (Å²) >= 11 is 3.42. The van der Waals surface area contributed by atoms with E-state index in [-0.39, 0.29) is 12.1 Å². The molecule has 7 heteroatoms. The maximum atomic E-state index is 12.4. The van der Waals surface area contributed by atoms with Crippen molar-refractivity contribution in [3.8, 4) is 11.4 Å². The predicted molar refractivity (Wildman–Crippen MR) is 94.4 cm³/mol. The number of nitrogens with zero attached hydrogens (tertiary/aromatic N) is 3. The largest absolute Gasteiger partial charge is 0.444 e. The second-order valence-electron chi connectivity index (χ2n) is 6.88. The van der Waals surface area contributed by atoms with Crippen LogP contribution in [0.5, 0.6) is 0 Å². The lowest BCUT2D eigenvalue weighted by Crippen LogP contribution is -2.36. The van der Waals surface area contributed by atoms with Crippen LogP contribution in [0.4, 0.5) is 4.79 Å². The van der Waals surface area contributed by atoms with Crippen LogP contribution in [0.15, 0.2) is 28.7 Å². The minimum absolute atomic E-state index is 0.114. The number of carbonyl (C=O) groups excluding carboxylic acids is 1. The van der Waals surface area contributed by atoms with E-state index in [1.54, 1.807) is 4.90 Å². The molecule has 1 saturated heterocycles. The van der Waals surface area contributed by atoms with Crippen LogP contribution in [0.3, 0.4) is 0 Å². The maximum Gasteiger partial charge on any atom is 0.410 e. The van der Waals surface area contributed by atoms with E-state index in [1.165, 1.54) is 0 Å². The molecule has 0 radical (unpaired) electrons. The fraction of sp³-hybridized carbons (Fsp3) is 0.471. The standard InChI is InChI=1S/C17H21BrN4O2/c1-17(2,3)24-16(23)22-10-4-5-13(22)15-19-14(20-21-15)11-6-8-12(18)9-7-11/h6-9,13H,4-5,10H2,1-3H3,(H,19,20,21)/t13-/m0/s1. The highest BCUT2D eigenvalue weighted by molar-refractivity contribution is 9.10. The van der Waals surface area contributed by atoms with Crippen molar-refractivity contribution in [2.45, 2.75) is 45.3 Å². The molecule has 0 unspecified atom stereocenters. The first-order valence-electron chi connectivity index (χ1n) is 8.01. The quantitative estimate of drug-likeness (QED) is 0.826. The lowest BCUT2D eigenvalue weighted by molar-refractivity contribution is 0.0218. The van der Waals surface area contributed by atoms with Gasteiger partial charge in [0.15, 0.2) is 5.82 Å². The molecular weight excluding hydrogens is 372 g/mol. The van der Waals surface area contributed by atoms with Crippen LogP contribution in [0.1, 0.15) is 45.5 Å². The third-order valence-corrected chi connectivity index (χ3v) is 4.33. The van der Waals surface area contributed by atoms with E-state index in [0.29, 0.717) is 18.2 Å². The average molecular weight is 393 g/mol. The molecular formula is C17H21BrN4O2. The summed E-state index contributed by atoms with van der Waals surface area (Å²) in [6.45, 7) is 6.29. The molecule has 2 heterocycles. The Bertz CT molecular complexity index is 721. The van der Waals surface area contributed by atoms with Crippen molar-refractivity contribution in [1.29, 1.82) is 0 Å². The van der Waals surface area contributed by atoms with Crippen LogP contribution in [-0.4, -0.2) is 38.3 Å². The number of rotatable bonds is 2. The minimum atomic E-state index is -0.506. The number of benzene rings is 1. The van der Waals surface area contributed by atoms with Gasteiger partial charge in [0.05, 0.1) is 6.04 Å². The van der Waals surface area contributed by atoms with Gasteiger partial charge in [-0.25, -0.2) is 9.78 Å². The van der Waals surface area contributed by atoms with Gasteiger partial charge in [0.25, 0.3) is 0 Å². The zero-order chi connectivity index (χ0) is 17.3. The Morgan fingerprint density at radius 3 is 2.71 bits per heavy atom. The van der Waals surface area contributed by atoms with Crippen molar-refractivity contribution in [3.63, 3.8) is 0 Å². The van der Waals surface area contributed by atoms with E-state index in [4.69, 9.17) is 4.74 Å². The van der Waals surface area contributed by atoms with Crippen molar-refractivity contribution >= 4 is 22.0 Å². The Morgan fingerprint density at radius 1 is 1.33 bits per heavy atom. The number of aromatic amines is 1. The molecule has 3 rings (SSSR count). The Morgan fingerprint density at radius 2 is 2.04 bits per heavy atom. The van der Waals surface area contributed by atoms with Crippen molar-refractivity contribution < 1.29 is 9.53 Å². The Balaban J connectivity index is 1.78. The Hall–Kier alpha value is -1.89. The summed E-state index contributed by atoms with van der Waals surface area (Å²) in [4.78, 5) is 18.7. The van der Waals surface area contributed by atoms with Gasteiger partial charge in [-0.3, -0.25) is 10.00 Å². The molecule has 0 bridgehead atoms. The van der Waals surface area contributed by atoms with E-state index in [0.717, 1.165) is 22.9 Å². The first-order chi connectivity index (χ1) is 11.3. The Kier molecular flexibility index (Phi) is 4.62. The van der Waals surface area contributed by atoms with Crippen LogP contribution < -0.4 is 0 Å². The van der Waals surface area contributed by atoms with Gasteiger partial charge in [0.2, 0.25) is 0 Å². The monoisotopic (exact) mass is 392 g/mol. The van der Waals surface area contributed by atoms with Gasteiger partial charge >= 0.3 is 6.09 Å². The molecule has 1 aromatic carbocycles. The van der Waals surface area contributed by atoms with E-state index in [9.17, 15) is 4.79 Å². The zero-order valence-corrected chi connectivity index (χ0v) is 15.6. The number of amides is 1.